The summed E-state index contributed by atoms with van der Waals surface area (Å²) in [4.78, 5) is 0. The quantitative estimate of drug-likeness (QED) is 0.725. The third-order valence-corrected chi connectivity index (χ3v) is 3.71. The molecule has 0 fully saturated rings. The second kappa shape index (κ2) is 6.12. The molecule has 2 rings (SSSR count). The van der Waals surface area contributed by atoms with Crippen LogP contribution in [0.1, 0.15) is 27.6 Å². The molecular weight excluding hydrogens is 256 g/mol. The smallest absolute Gasteiger partial charge is 0.124 e. The van der Waals surface area contributed by atoms with Crippen molar-refractivity contribution in [2.45, 2.75) is 25.6 Å². The van der Waals surface area contributed by atoms with E-state index in [1.165, 1.54) is 5.56 Å². The first kappa shape index (κ1) is 14.0. The number of halogens is 1. The Labute approximate surface area is 120 Å². The van der Waals surface area contributed by atoms with Crippen molar-refractivity contribution in [2.24, 2.45) is 0 Å². The molecule has 100 valence electrons. The lowest BCUT2D eigenvalue weighted by Gasteiger charge is -2.15. The minimum absolute atomic E-state index is 0.00861. The summed E-state index contributed by atoms with van der Waals surface area (Å²) in [5.41, 5.74) is 4.68. The standard InChI is InChI=1S/C17H19ClO/c1-12-9-15(10-13(2)17(12)19-3)16(18)11-14-7-5-4-6-8-14/h4-10,16H,11H2,1-3H3. The molecule has 2 aromatic carbocycles. The lowest BCUT2D eigenvalue weighted by atomic mass is 9.99. The second-order valence-corrected chi connectivity index (χ2v) is 5.37. The molecule has 2 aromatic rings. The van der Waals surface area contributed by atoms with Gasteiger partial charge in [-0.2, -0.15) is 0 Å². The molecule has 0 aliphatic rings. The zero-order chi connectivity index (χ0) is 13.8. The lowest BCUT2D eigenvalue weighted by molar-refractivity contribution is 0.408. The average Bonchev–Trinajstić information content (AvgIpc) is 2.39. The molecule has 0 saturated carbocycles. The summed E-state index contributed by atoms with van der Waals surface area (Å²) in [6, 6.07) is 14.6. The molecule has 0 radical (unpaired) electrons. The Kier molecular flexibility index (Phi) is 4.49. The van der Waals surface area contributed by atoms with E-state index in [9.17, 15) is 0 Å². The fourth-order valence-corrected chi connectivity index (χ4v) is 2.73. The van der Waals surface area contributed by atoms with E-state index in [4.69, 9.17) is 16.3 Å². The maximum Gasteiger partial charge on any atom is 0.124 e. The van der Waals surface area contributed by atoms with Crippen molar-refractivity contribution in [3.8, 4) is 5.75 Å². The number of hydrogen-bond acceptors (Lipinski definition) is 1. The maximum absolute atomic E-state index is 6.54. The van der Waals surface area contributed by atoms with Gasteiger partial charge in [0.05, 0.1) is 12.5 Å². The van der Waals surface area contributed by atoms with E-state index in [0.29, 0.717) is 0 Å². The van der Waals surface area contributed by atoms with E-state index in [2.05, 4.69) is 38.1 Å². The van der Waals surface area contributed by atoms with E-state index < -0.39 is 0 Å². The zero-order valence-corrected chi connectivity index (χ0v) is 12.4. The van der Waals surface area contributed by atoms with E-state index in [-0.39, 0.29) is 5.38 Å². The molecule has 1 atom stereocenters. The van der Waals surface area contributed by atoms with Crippen molar-refractivity contribution < 1.29 is 4.74 Å². The second-order valence-electron chi connectivity index (χ2n) is 4.85. The van der Waals surface area contributed by atoms with Crippen molar-refractivity contribution in [1.29, 1.82) is 0 Å². The lowest BCUT2D eigenvalue weighted by Crippen LogP contribution is -1.99. The Balaban J connectivity index is 2.22. The van der Waals surface area contributed by atoms with Gasteiger partial charge >= 0.3 is 0 Å². The predicted molar refractivity (Wildman–Crippen MR) is 81.2 cm³/mol. The van der Waals surface area contributed by atoms with Crippen molar-refractivity contribution in [3.63, 3.8) is 0 Å². The molecule has 2 heteroatoms. The highest BCUT2D eigenvalue weighted by atomic mass is 35.5. The molecule has 1 unspecified atom stereocenters. The first-order valence-electron chi connectivity index (χ1n) is 6.45. The number of rotatable bonds is 4. The van der Waals surface area contributed by atoms with Crippen LogP contribution < -0.4 is 4.74 Å². The van der Waals surface area contributed by atoms with Crippen LogP contribution in [-0.4, -0.2) is 7.11 Å². The average molecular weight is 275 g/mol. The third kappa shape index (κ3) is 3.30. The van der Waals surface area contributed by atoms with Gasteiger partial charge in [0.25, 0.3) is 0 Å². The summed E-state index contributed by atoms with van der Waals surface area (Å²) < 4.78 is 5.39. The molecule has 19 heavy (non-hydrogen) atoms. The molecule has 0 saturated heterocycles. The molecule has 1 nitrogen and oxygen atoms in total. The Hall–Kier alpha value is -1.47. The van der Waals surface area contributed by atoms with Crippen LogP contribution in [0.25, 0.3) is 0 Å². The first-order chi connectivity index (χ1) is 9.11. The van der Waals surface area contributed by atoms with Crippen molar-refractivity contribution in [1.82, 2.24) is 0 Å². The summed E-state index contributed by atoms with van der Waals surface area (Å²) >= 11 is 6.54. The maximum atomic E-state index is 6.54. The molecule has 0 bridgehead atoms. The predicted octanol–water partition coefficient (Wildman–Crippen LogP) is 4.83. The third-order valence-electron chi connectivity index (χ3n) is 3.31. The number of aryl methyl sites for hydroxylation is 2. The van der Waals surface area contributed by atoms with Crippen molar-refractivity contribution >= 4 is 11.6 Å². The Morgan fingerprint density at radius 2 is 1.63 bits per heavy atom. The summed E-state index contributed by atoms with van der Waals surface area (Å²) in [7, 11) is 1.71. The first-order valence-corrected chi connectivity index (χ1v) is 6.88. The van der Waals surface area contributed by atoms with Gasteiger partial charge in [0.15, 0.2) is 0 Å². The van der Waals surface area contributed by atoms with Crippen LogP contribution in [0.5, 0.6) is 5.75 Å². The van der Waals surface area contributed by atoms with Crippen LogP contribution in [0.4, 0.5) is 0 Å². The molecule has 0 aliphatic carbocycles. The van der Waals surface area contributed by atoms with Gasteiger partial charge in [-0.25, -0.2) is 0 Å². The van der Waals surface area contributed by atoms with Gasteiger partial charge < -0.3 is 4.74 Å². The van der Waals surface area contributed by atoms with Gasteiger partial charge in [-0.15, -0.1) is 11.6 Å². The topological polar surface area (TPSA) is 9.23 Å². The van der Waals surface area contributed by atoms with Crippen LogP contribution in [0.3, 0.4) is 0 Å². The highest BCUT2D eigenvalue weighted by Crippen LogP contribution is 2.31. The summed E-state index contributed by atoms with van der Waals surface area (Å²) in [5, 5.41) is -0.00861. The molecule has 0 heterocycles. The summed E-state index contributed by atoms with van der Waals surface area (Å²) in [6.07, 6.45) is 0.841. The van der Waals surface area contributed by atoms with E-state index in [1.807, 2.05) is 18.2 Å². The van der Waals surface area contributed by atoms with Crippen LogP contribution in [0, 0.1) is 13.8 Å². The SMILES string of the molecule is COc1c(C)cc(C(Cl)Cc2ccccc2)cc1C. The summed E-state index contributed by atoms with van der Waals surface area (Å²) in [5.74, 6) is 0.951. The van der Waals surface area contributed by atoms with Crippen LogP contribution in [0.15, 0.2) is 42.5 Å². The Morgan fingerprint density at radius 3 is 2.16 bits per heavy atom. The normalized spacial score (nSPS) is 12.2. The number of methoxy groups -OCH3 is 1. The molecular formula is C17H19ClO. The fraction of sp³-hybridized carbons (Fsp3) is 0.294. The Morgan fingerprint density at radius 1 is 1.05 bits per heavy atom. The van der Waals surface area contributed by atoms with Gasteiger partial charge in [-0.05, 0) is 42.5 Å². The largest absolute Gasteiger partial charge is 0.496 e. The van der Waals surface area contributed by atoms with Gasteiger partial charge in [0.1, 0.15) is 5.75 Å². The zero-order valence-electron chi connectivity index (χ0n) is 11.6. The fourth-order valence-electron chi connectivity index (χ4n) is 2.43. The highest BCUT2D eigenvalue weighted by molar-refractivity contribution is 6.21. The van der Waals surface area contributed by atoms with E-state index in [0.717, 1.165) is 28.9 Å². The minimum Gasteiger partial charge on any atom is -0.496 e. The van der Waals surface area contributed by atoms with Crippen molar-refractivity contribution in [2.75, 3.05) is 7.11 Å². The van der Waals surface area contributed by atoms with Gasteiger partial charge in [0.2, 0.25) is 0 Å². The minimum atomic E-state index is -0.00861. The number of benzene rings is 2. The number of alkyl halides is 1. The van der Waals surface area contributed by atoms with E-state index >= 15 is 0 Å². The Bertz CT molecular complexity index is 525. The van der Waals surface area contributed by atoms with Gasteiger partial charge in [-0.3, -0.25) is 0 Å². The highest BCUT2D eigenvalue weighted by Gasteiger charge is 2.12. The molecule has 0 spiro atoms. The van der Waals surface area contributed by atoms with Crippen LogP contribution in [-0.2, 0) is 6.42 Å². The molecule has 0 aromatic heterocycles. The number of ether oxygens (including phenoxy) is 1. The molecule has 0 N–H and O–H groups in total. The molecule has 0 aliphatic heterocycles. The van der Waals surface area contributed by atoms with Crippen molar-refractivity contribution in [3.05, 3.63) is 64.7 Å². The van der Waals surface area contributed by atoms with E-state index in [1.54, 1.807) is 7.11 Å². The number of hydrogen-bond donors (Lipinski definition) is 0. The van der Waals surface area contributed by atoms with Crippen LogP contribution in [0.2, 0.25) is 0 Å². The van der Waals surface area contributed by atoms with Gasteiger partial charge in [-0.1, -0.05) is 42.5 Å². The monoisotopic (exact) mass is 274 g/mol. The van der Waals surface area contributed by atoms with Crippen LogP contribution >= 0.6 is 11.6 Å². The molecule has 0 amide bonds. The summed E-state index contributed by atoms with van der Waals surface area (Å²) in [6.45, 7) is 4.11. The van der Waals surface area contributed by atoms with Gasteiger partial charge in [0, 0.05) is 0 Å².